The van der Waals surface area contributed by atoms with E-state index in [4.69, 9.17) is 5.11 Å². The first-order chi connectivity index (χ1) is 15.3. The van der Waals surface area contributed by atoms with Crippen molar-refractivity contribution >= 4 is 29.5 Å². The Morgan fingerprint density at radius 3 is 2.53 bits per heavy atom. The van der Waals surface area contributed by atoms with Gasteiger partial charge in [-0.15, -0.1) is 0 Å². The van der Waals surface area contributed by atoms with Crippen molar-refractivity contribution in [1.82, 2.24) is 20.9 Å². The van der Waals surface area contributed by atoms with Crippen LogP contribution in [0.25, 0.3) is 0 Å². The van der Waals surface area contributed by atoms with Gasteiger partial charge in [0.25, 0.3) is 5.91 Å². The lowest BCUT2D eigenvalue weighted by atomic mass is 10.1. The molecule has 0 aliphatic heterocycles. The van der Waals surface area contributed by atoms with Crippen LogP contribution in [-0.2, 0) is 9.59 Å². The summed E-state index contributed by atoms with van der Waals surface area (Å²) in [4.78, 5) is 51.7. The zero-order valence-corrected chi connectivity index (χ0v) is 17.9. The van der Waals surface area contributed by atoms with E-state index in [1.807, 2.05) is 13.8 Å². The first-order valence-corrected chi connectivity index (χ1v) is 10.1. The van der Waals surface area contributed by atoms with Gasteiger partial charge in [0, 0.05) is 29.7 Å². The van der Waals surface area contributed by atoms with Gasteiger partial charge in [0.1, 0.15) is 0 Å². The molecular weight excluding hydrogens is 414 g/mol. The van der Waals surface area contributed by atoms with Crippen LogP contribution in [0.4, 0.5) is 10.5 Å². The number of urea groups is 1. The molecule has 1 aromatic carbocycles. The number of aromatic nitrogens is 1. The highest BCUT2D eigenvalue weighted by Crippen LogP contribution is 2.15. The Kier molecular flexibility index (Phi) is 9.15. The van der Waals surface area contributed by atoms with Crippen LogP contribution in [0, 0.1) is 0 Å². The summed E-state index contributed by atoms with van der Waals surface area (Å²) >= 11 is 0. The summed E-state index contributed by atoms with van der Waals surface area (Å²) in [6.07, 6.45) is 3.48. The van der Waals surface area contributed by atoms with E-state index in [1.54, 1.807) is 36.5 Å². The summed E-state index contributed by atoms with van der Waals surface area (Å²) in [7, 11) is 0. The summed E-state index contributed by atoms with van der Waals surface area (Å²) in [6, 6.07) is 8.45. The first kappa shape index (κ1) is 24.3. The zero-order chi connectivity index (χ0) is 23.5. The Hall–Kier alpha value is -3.95. The van der Waals surface area contributed by atoms with Crippen LogP contribution in [0.1, 0.15) is 48.7 Å². The number of carboxylic acid groups (broad SMARTS) is 1. The number of aliphatic carboxylic acids is 1. The number of nitrogens with one attached hydrogen (secondary N) is 4. The molecule has 32 heavy (non-hydrogen) atoms. The van der Waals surface area contributed by atoms with E-state index in [2.05, 4.69) is 26.3 Å². The van der Waals surface area contributed by atoms with Crippen LogP contribution in [0.3, 0.4) is 0 Å². The quantitative estimate of drug-likeness (QED) is 0.381. The van der Waals surface area contributed by atoms with E-state index in [-0.39, 0.29) is 30.6 Å². The van der Waals surface area contributed by atoms with Crippen molar-refractivity contribution in [2.45, 2.75) is 38.8 Å². The molecule has 2 rings (SSSR count). The van der Waals surface area contributed by atoms with Gasteiger partial charge in [0.05, 0.1) is 19.0 Å². The molecule has 0 saturated carbocycles. The number of amides is 4. The Bertz CT molecular complexity index is 951. The Morgan fingerprint density at radius 1 is 1.09 bits per heavy atom. The number of hydrogen-bond donors (Lipinski definition) is 5. The number of nitrogens with zero attached hydrogens (tertiary/aromatic N) is 1. The van der Waals surface area contributed by atoms with Crippen LogP contribution in [0.2, 0.25) is 0 Å². The second kappa shape index (κ2) is 12.0. The minimum Gasteiger partial charge on any atom is -0.481 e. The van der Waals surface area contributed by atoms with Gasteiger partial charge in [0.15, 0.2) is 0 Å². The predicted octanol–water partition coefficient (Wildman–Crippen LogP) is 2.06. The SMILES string of the molecule is CCC(C)NC(=O)Nc1cccc(C(=O)NCC(=O)NC(CC(=O)O)c2cccnc2)c1. The van der Waals surface area contributed by atoms with Gasteiger partial charge in [-0.3, -0.25) is 19.4 Å². The normalized spacial score (nSPS) is 12.2. The van der Waals surface area contributed by atoms with E-state index in [0.29, 0.717) is 11.3 Å². The van der Waals surface area contributed by atoms with Gasteiger partial charge >= 0.3 is 12.0 Å². The average molecular weight is 441 g/mol. The lowest BCUT2D eigenvalue weighted by Crippen LogP contribution is -2.39. The number of pyridine rings is 1. The summed E-state index contributed by atoms with van der Waals surface area (Å²) < 4.78 is 0. The van der Waals surface area contributed by atoms with Crippen molar-refractivity contribution in [3.05, 3.63) is 59.9 Å². The maximum Gasteiger partial charge on any atom is 0.319 e. The van der Waals surface area contributed by atoms with E-state index >= 15 is 0 Å². The van der Waals surface area contributed by atoms with Crippen molar-refractivity contribution in [2.75, 3.05) is 11.9 Å². The average Bonchev–Trinajstić information content (AvgIpc) is 2.77. The third-order valence-electron chi connectivity index (χ3n) is 4.58. The second-order valence-corrected chi connectivity index (χ2v) is 7.18. The number of rotatable bonds is 10. The van der Waals surface area contributed by atoms with Crippen LogP contribution in [-0.4, -0.2) is 46.5 Å². The molecule has 2 unspecified atom stereocenters. The Labute approximate surface area is 185 Å². The molecule has 0 fully saturated rings. The minimum atomic E-state index is -1.08. The maximum absolute atomic E-state index is 12.4. The fraction of sp³-hybridized carbons (Fsp3) is 0.318. The van der Waals surface area contributed by atoms with E-state index in [9.17, 15) is 19.2 Å². The molecule has 0 aliphatic rings. The maximum atomic E-state index is 12.4. The van der Waals surface area contributed by atoms with Gasteiger partial charge in [-0.1, -0.05) is 19.1 Å². The van der Waals surface area contributed by atoms with Crippen molar-refractivity contribution < 1.29 is 24.3 Å². The lowest BCUT2D eigenvalue weighted by Gasteiger charge is -2.17. The molecule has 0 saturated heterocycles. The Morgan fingerprint density at radius 2 is 1.88 bits per heavy atom. The van der Waals surface area contributed by atoms with Gasteiger partial charge in [0.2, 0.25) is 5.91 Å². The van der Waals surface area contributed by atoms with Crippen LogP contribution in [0.15, 0.2) is 48.8 Å². The molecule has 5 N–H and O–H groups in total. The molecule has 10 nitrogen and oxygen atoms in total. The van der Waals surface area contributed by atoms with Gasteiger partial charge in [-0.2, -0.15) is 0 Å². The van der Waals surface area contributed by atoms with Crippen LogP contribution >= 0.6 is 0 Å². The molecular formula is C22H27N5O5. The predicted molar refractivity (Wildman–Crippen MR) is 118 cm³/mol. The third-order valence-corrected chi connectivity index (χ3v) is 4.58. The van der Waals surface area contributed by atoms with Gasteiger partial charge in [-0.05, 0) is 43.2 Å². The lowest BCUT2D eigenvalue weighted by molar-refractivity contribution is -0.137. The molecule has 0 radical (unpaired) electrons. The fourth-order valence-corrected chi connectivity index (χ4v) is 2.75. The molecule has 10 heteroatoms. The highest BCUT2D eigenvalue weighted by Gasteiger charge is 2.19. The number of hydrogen-bond acceptors (Lipinski definition) is 5. The van der Waals surface area contributed by atoms with Gasteiger partial charge < -0.3 is 26.4 Å². The number of anilines is 1. The molecule has 2 atom stereocenters. The molecule has 0 bridgehead atoms. The molecule has 0 spiro atoms. The monoisotopic (exact) mass is 441 g/mol. The van der Waals surface area contributed by atoms with Crippen molar-refractivity contribution in [1.29, 1.82) is 0 Å². The standard InChI is InChI=1S/C22H27N5O5/c1-3-14(2)25-22(32)26-17-8-4-6-15(10-17)21(31)24-13-19(28)27-18(11-20(29)30)16-7-5-9-23-12-16/h4-10,12,14,18H,3,11,13H2,1-2H3,(H,24,31)(H,27,28)(H,29,30)(H2,25,26,32). The number of carbonyl (C=O) groups is 4. The van der Waals surface area contributed by atoms with E-state index in [0.717, 1.165) is 6.42 Å². The van der Waals surface area contributed by atoms with Crippen LogP contribution < -0.4 is 21.3 Å². The Balaban J connectivity index is 1.93. The molecule has 0 aliphatic carbocycles. The highest BCUT2D eigenvalue weighted by atomic mass is 16.4. The molecule has 1 heterocycles. The smallest absolute Gasteiger partial charge is 0.319 e. The summed E-state index contributed by atoms with van der Waals surface area (Å²) in [5.41, 5.74) is 1.23. The third kappa shape index (κ3) is 8.05. The van der Waals surface area contributed by atoms with Crippen molar-refractivity contribution in [3.8, 4) is 0 Å². The molecule has 4 amide bonds. The van der Waals surface area contributed by atoms with Crippen molar-refractivity contribution in [3.63, 3.8) is 0 Å². The molecule has 170 valence electrons. The van der Waals surface area contributed by atoms with E-state index < -0.39 is 23.8 Å². The number of benzene rings is 1. The topological polar surface area (TPSA) is 150 Å². The number of carboxylic acids is 1. The van der Waals surface area contributed by atoms with Gasteiger partial charge in [-0.25, -0.2) is 4.79 Å². The zero-order valence-electron chi connectivity index (χ0n) is 17.9. The van der Waals surface area contributed by atoms with Crippen molar-refractivity contribution in [2.24, 2.45) is 0 Å². The molecule has 1 aromatic heterocycles. The second-order valence-electron chi connectivity index (χ2n) is 7.18. The minimum absolute atomic E-state index is 0.0108. The van der Waals surface area contributed by atoms with E-state index in [1.165, 1.54) is 12.3 Å². The summed E-state index contributed by atoms with van der Waals surface area (Å²) in [5.74, 6) is -2.14. The fourth-order valence-electron chi connectivity index (χ4n) is 2.75. The first-order valence-electron chi connectivity index (χ1n) is 10.1. The highest BCUT2D eigenvalue weighted by molar-refractivity contribution is 5.98. The summed E-state index contributed by atoms with van der Waals surface area (Å²) in [5, 5.41) is 19.6. The van der Waals surface area contributed by atoms with Crippen LogP contribution in [0.5, 0.6) is 0 Å². The number of carbonyl (C=O) groups excluding carboxylic acids is 3. The largest absolute Gasteiger partial charge is 0.481 e. The summed E-state index contributed by atoms with van der Waals surface area (Å²) in [6.45, 7) is 3.48. The molecule has 2 aromatic rings.